The minimum absolute atomic E-state index is 0.0703. The van der Waals surface area contributed by atoms with E-state index in [0.717, 1.165) is 0 Å². The van der Waals surface area contributed by atoms with Gasteiger partial charge in [-0.05, 0) is 19.8 Å². The summed E-state index contributed by atoms with van der Waals surface area (Å²) >= 11 is 3.98. The average molecular weight is 405 g/mol. The van der Waals surface area contributed by atoms with Crippen molar-refractivity contribution in [2.24, 2.45) is 22.2 Å². The van der Waals surface area contributed by atoms with Gasteiger partial charge in [0.2, 0.25) is 17.7 Å². The fraction of sp³-hybridized carbons (Fsp3) is 0.643. The van der Waals surface area contributed by atoms with Crippen LogP contribution in [0.2, 0.25) is 0 Å². The van der Waals surface area contributed by atoms with E-state index in [1.165, 1.54) is 6.92 Å². The standard InChI is InChI=1S/C14H27N7O5S/c1-7(15)11(24)20-8(3-2-4-18-14(16)17)13(26)21-9(6-27)12(25)19-5-10(22)23/h7-9,27H,2-6,15H2,1H3,(H,19,25)(H,20,24)(H,21,26)(H,22,23)(H4,16,17,18)/t7-,8-,9-/m0/s1. The lowest BCUT2D eigenvalue weighted by Gasteiger charge is -2.22. The van der Waals surface area contributed by atoms with E-state index >= 15 is 0 Å². The molecule has 0 aromatic rings. The van der Waals surface area contributed by atoms with Crippen molar-refractivity contribution in [1.82, 2.24) is 16.0 Å². The third kappa shape index (κ3) is 10.9. The van der Waals surface area contributed by atoms with Crippen LogP contribution in [-0.4, -0.2) is 71.7 Å². The fourth-order valence-electron chi connectivity index (χ4n) is 1.83. The highest BCUT2D eigenvalue weighted by molar-refractivity contribution is 7.80. The summed E-state index contributed by atoms with van der Waals surface area (Å²) in [4.78, 5) is 50.5. The van der Waals surface area contributed by atoms with Crippen molar-refractivity contribution in [3.05, 3.63) is 0 Å². The number of guanidine groups is 1. The molecule has 0 saturated heterocycles. The van der Waals surface area contributed by atoms with Gasteiger partial charge in [0.25, 0.3) is 0 Å². The Bertz CT molecular complexity index is 566. The summed E-state index contributed by atoms with van der Waals surface area (Å²) in [6.45, 7) is 1.11. The quantitative estimate of drug-likeness (QED) is 0.0703. The lowest BCUT2D eigenvalue weighted by Crippen LogP contribution is -2.56. The number of nitrogens with two attached hydrogens (primary N) is 3. The first-order valence-electron chi connectivity index (χ1n) is 8.10. The molecule has 0 aliphatic rings. The predicted octanol–water partition coefficient (Wildman–Crippen LogP) is -3.51. The second kappa shape index (κ2) is 12.8. The van der Waals surface area contributed by atoms with Crippen LogP contribution in [0.15, 0.2) is 4.99 Å². The van der Waals surface area contributed by atoms with E-state index in [1.807, 2.05) is 0 Å². The van der Waals surface area contributed by atoms with E-state index in [1.54, 1.807) is 0 Å². The van der Waals surface area contributed by atoms with Gasteiger partial charge in [0.05, 0.1) is 6.04 Å². The van der Waals surface area contributed by atoms with Crippen molar-refractivity contribution in [2.75, 3.05) is 18.8 Å². The van der Waals surface area contributed by atoms with Gasteiger partial charge in [0, 0.05) is 12.3 Å². The van der Waals surface area contributed by atoms with E-state index in [4.69, 9.17) is 22.3 Å². The second-order valence-corrected chi connectivity index (χ2v) is 6.02. The van der Waals surface area contributed by atoms with E-state index in [-0.39, 0.29) is 24.7 Å². The first-order chi connectivity index (χ1) is 12.6. The molecular formula is C14H27N7O5S. The van der Waals surface area contributed by atoms with E-state index in [0.29, 0.717) is 6.42 Å². The molecule has 0 radical (unpaired) electrons. The van der Waals surface area contributed by atoms with Gasteiger partial charge in [0.15, 0.2) is 5.96 Å². The number of thiol groups is 1. The highest BCUT2D eigenvalue weighted by atomic mass is 32.1. The Morgan fingerprint density at radius 2 is 1.67 bits per heavy atom. The largest absolute Gasteiger partial charge is 0.480 e. The molecule has 0 aliphatic carbocycles. The number of hydrogen-bond donors (Lipinski definition) is 8. The van der Waals surface area contributed by atoms with Gasteiger partial charge in [-0.3, -0.25) is 24.2 Å². The number of hydrogen-bond acceptors (Lipinski definition) is 7. The normalized spacial score (nSPS) is 13.6. The van der Waals surface area contributed by atoms with Crippen LogP contribution in [0.3, 0.4) is 0 Å². The van der Waals surface area contributed by atoms with E-state index in [9.17, 15) is 19.2 Å². The number of carbonyl (C=O) groups is 4. The van der Waals surface area contributed by atoms with Crippen LogP contribution in [0, 0.1) is 0 Å². The van der Waals surface area contributed by atoms with Crippen LogP contribution in [0.1, 0.15) is 19.8 Å². The number of carboxylic acid groups (broad SMARTS) is 1. The molecule has 0 heterocycles. The lowest BCUT2D eigenvalue weighted by molar-refractivity contribution is -0.138. The Balaban J connectivity index is 4.95. The average Bonchev–Trinajstić information content (AvgIpc) is 2.59. The molecule has 0 aromatic carbocycles. The fourth-order valence-corrected chi connectivity index (χ4v) is 2.08. The molecule has 0 unspecified atom stereocenters. The predicted molar refractivity (Wildman–Crippen MR) is 102 cm³/mol. The number of amides is 3. The Hall–Kier alpha value is -2.54. The van der Waals surface area contributed by atoms with Crippen LogP contribution in [-0.2, 0) is 19.2 Å². The van der Waals surface area contributed by atoms with Crippen LogP contribution in [0.4, 0.5) is 0 Å². The minimum Gasteiger partial charge on any atom is -0.480 e. The van der Waals surface area contributed by atoms with Gasteiger partial charge in [-0.1, -0.05) is 0 Å². The summed E-state index contributed by atoms with van der Waals surface area (Å²) in [6.07, 6.45) is 0.573. The smallest absolute Gasteiger partial charge is 0.322 e. The van der Waals surface area contributed by atoms with Crippen molar-refractivity contribution < 1.29 is 24.3 Å². The summed E-state index contributed by atoms with van der Waals surface area (Å²) in [5.41, 5.74) is 15.9. The molecule has 10 N–H and O–H groups in total. The maximum absolute atomic E-state index is 12.5. The first-order valence-corrected chi connectivity index (χ1v) is 8.73. The van der Waals surface area contributed by atoms with Gasteiger partial charge in [0.1, 0.15) is 18.6 Å². The Kier molecular flexibility index (Phi) is 11.6. The molecule has 0 saturated carbocycles. The number of rotatable bonds is 12. The Labute approximate surface area is 162 Å². The van der Waals surface area contributed by atoms with Crippen molar-refractivity contribution in [2.45, 2.75) is 37.9 Å². The molecular weight excluding hydrogens is 378 g/mol. The summed E-state index contributed by atoms with van der Waals surface area (Å²) in [7, 11) is 0. The van der Waals surface area contributed by atoms with Crippen molar-refractivity contribution >= 4 is 42.3 Å². The number of nitrogens with zero attached hydrogens (tertiary/aromatic N) is 1. The zero-order valence-electron chi connectivity index (χ0n) is 15.0. The van der Waals surface area contributed by atoms with Crippen LogP contribution in [0.5, 0.6) is 0 Å². The molecule has 0 bridgehead atoms. The first kappa shape index (κ1) is 24.5. The van der Waals surface area contributed by atoms with Crippen LogP contribution < -0.4 is 33.2 Å². The van der Waals surface area contributed by atoms with E-state index in [2.05, 4.69) is 33.6 Å². The lowest BCUT2D eigenvalue weighted by atomic mass is 10.1. The summed E-state index contributed by atoms with van der Waals surface area (Å²) in [5, 5.41) is 15.6. The molecule has 27 heavy (non-hydrogen) atoms. The van der Waals surface area contributed by atoms with Gasteiger partial charge in [-0.25, -0.2) is 0 Å². The second-order valence-electron chi connectivity index (χ2n) is 5.65. The SMILES string of the molecule is C[C@H](N)C(=O)N[C@@H](CCCN=C(N)N)C(=O)N[C@@H](CS)C(=O)NCC(=O)O. The zero-order valence-corrected chi connectivity index (χ0v) is 15.9. The molecule has 12 nitrogen and oxygen atoms in total. The van der Waals surface area contributed by atoms with Gasteiger partial charge < -0.3 is 38.3 Å². The molecule has 0 spiro atoms. The Morgan fingerprint density at radius 1 is 1.07 bits per heavy atom. The van der Waals surface area contributed by atoms with Gasteiger partial charge in [-0.15, -0.1) is 0 Å². The molecule has 13 heteroatoms. The summed E-state index contributed by atoms with van der Waals surface area (Å²) in [5.74, 6) is -3.29. The zero-order chi connectivity index (χ0) is 21.0. The van der Waals surface area contributed by atoms with Crippen molar-refractivity contribution in [1.29, 1.82) is 0 Å². The number of aliphatic carboxylic acids is 1. The molecule has 154 valence electrons. The summed E-state index contributed by atoms with van der Waals surface area (Å²) in [6, 6.07) is -2.89. The van der Waals surface area contributed by atoms with E-state index < -0.39 is 48.4 Å². The summed E-state index contributed by atoms with van der Waals surface area (Å²) < 4.78 is 0. The van der Waals surface area contributed by atoms with Gasteiger partial charge in [-0.2, -0.15) is 12.6 Å². The molecule has 0 aromatic heterocycles. The minimum atomic E-state index is -1.23. The Morgan fingerprint density at radius 3 is 2.15 bits per heavy atom. The van der Waals surface area contributed by atoms with Gasteiger partial charge >= 0.3 is 5.97 Å². The number of nitrogens with one attached hydrogen (secondary N) is 3. The molecule has 0 rings (SSSR count). The van der Waals surface area contributed by atoms with Crippen molar-refractivity contribution in [3.8, 4) is 0 Å². The van der Waals surface area contributed by atoms with Crippen molar-refractivity contribution in [3.63, 3.8) is 0 Å². The third-order valence-electron chi connectivity index (χ3n) is 3.22. The van der Waals surface area contributed by atoms with Crippen LogP contribution in [0.25, 0.3) is 0 Å². The molecule has 3 amide bonds. The van der Waals surface area contributed by atoms with Crippen LogP contribution >= 0.6 is 12.6 Å². The number of carboxylic acids is 1. The number of carbonyl (C=O) groups excluding carboxylic acids is 3. The molecule has 0 fully saturated rings. The highest BCUT2D eigenvalue weighted by Gasteiger charge is 2.26. The molecule has 3 atom stereocenters. The molecule has 0 aliphatic heterocycles. The topological polar surface area (TPSA) is 215 Å². The maximum Gasteiger partial charge on any atom is 0.322 e. The number of aliphatic imine (C=N–C) groups is 1. The monoisotopic (exact) mass is 405 g/mol. The maximum atomic E-state index is 12.5. The third-order valence-corrected chi connectivity index (χ3v) is 3.59. The highest BCUT2D eigenvalue weighted by Crippen LogP contribution is 2.01.